The summed E-state index contributed by atoms with van der Waals surface area (Å²) >= 11 is 0. The number of anilines is 2. The first-order valence-electron chi connectivity index (χ1n) is 6.73. The fourth-order valence-electron chi connectivity index (χ4n) is 1.80. The molecule has 2 aromatic rings. The quantitative estimate of drug-likeness (QED) is 0.849. The van der Waals surface area contributed by atoms with Crippen LogP contribution in [-0.2, 0) is 11.2 Å². The number of carbonyl (C=O) groups is 1. The molecule has 106 valence electrons. The maximum atomic E-state index is 11.8. The number of aryl methyl sites for hydroxylation is 2. The monoisotopic (exact) mass is 273 g/mol. The zero-order valence-electron chi connectivity index (χ0n) is 11.8. The van der Waals surface area contributed by atoms with Gasteiger partial charge in [-0.2, -0.15) is 0 Å². The van der Waals surface area contributed by atoms with Crippen molar-refractivity contribution in [2.24, 2.45) is 0 Å². The van der Waals surface area contributed by atoms with Crippen molar-refractivity contribution >= 4 is 17.4 Å². The Hall–Kier alpha value is -2.30. The smallest absolute Gasteiger partial charge is 0.226 e. The van der Waals surface area contributed by atoms with Crippen LogP contribution in [0.3, 0.4) is 0 Å². The van der Waals surface area contributed by atoms with Crippen LogP contribution in [0.15, 0.2) is 34.9 Å². The molecule has 5 nitrogen and oxygen atoms in total. The summed E-state index contributed by atoms with van der Waals surface area (Å²) in [5.41, 5.74) is 2.08. The molecule has 0 aliphatic heterocycles. The van der Waals surface area contributed by atoms with E-state index in [1.807, 2.05) is 31.2 Å². The van der Waals surface area contributed by atoms with E-state index in [0.29, 0.717) is 18.8 Å². The van der Waals surface area contributed by atoms with E-state index in [4.69, 9.17) is 4.52 Å². The second kappa shape index (κ2) is 6.75. The highest BCUT2D eigenvalue weighted by molar-refractivity contribution is 5.90. The number of amides is 1. The fourth-order valence-corrected chi connectivity index (χ4v) is 1.80. The lowest BCUT2D eigenvalue weighted by atomic mass is 10.1. The molecule has 0 saturated heterocycles. The van der Waals surface area contributed by atoms with Gasteiger partial charge in [0.15, 0.2) is 5.82 Å². The number of aromatic nitrogens is 1. The number of nitrogens with zero attached hydrogens (tertiary/aromatic N) is 1. The Labute approximate surface area is 118 Å². The summed E-state index contributed by atoms with van der Waals surface area (Å²) < 4.78 is 4.93. The standard InChI is InChI=1S/C15H19N3O2/c1-3-12-4-6-13(7-5-12)17-15(19)8-9-16-14-10-11(2)20-18-14/h4-7,10H,3,8-9H2,1-2H3,(H,16,18)(H,17,19). The molecular formula is C15H19N3O2. The molecule has 0 atom stereocenters. The molecule has 1 amide bonds. The molecule has 20 heavy (non-hydrogen) atoms. The minimum absolute atomic E-state index is 0.0260. The second-order valence-corrected chi connectivity index (χ2v) is 4.60. The predicted molar refractivity (Wildman–Crippen MR) is 78.8 cm³/mol. The fraction of sp³-hybridized carbons (Fsp3) is 0.333. The molecule has 0 aliphatic carbocycles. The van der Waals surface area contributed by atoms with Gasteiger partial charge in [0.25, 0.3) is 0 Å². The molecule has 0 fully saturated rings. The van der Waals surface area contributed by atoms with Gasteiger partial charge >= 0.3 is 0 Å². The molecule has 0 spiro atoms. The van der Waals surface area contributed by atoms with E-state index in [0.717, 1.165) is 17.9 Å². The number of rotatable bonds is 6. The van der Waals surface area contributed by atoms with Crippen molar-refractivity contribution in [3.8, 4) is 0 Å². The number of benzene rings is 1. The molecule has 1 heterocycles. The molecule has 0 unspecified atom stereocenters. The molecular weight excluding hydrogens is 254 g/mol. The van der Waals surface area contributed by atoms with Gasteiger partial charge in [-0.3, -0.25) is 4.79 Å². The average Bonchev–Trinajstić information content (AvgIpc) is 2.85. The number of nitrogens with one attached hydrogen (secondary N) is 2. The van der Waals surface area contributed by atoms with Crippen LogP contribution in [0.25, 0.3) is 0 Å². The largest absolute Gasteiger partial charge is 0.367 e. The minimum atomic E-state index is -0.0260. The summed E-state index contributed by atoms with van der Waals surface area (Å²) in [5, 5.41) is 9.69. The van der Waals surface area contributed by atoms with Crippen molar-refractivity contribution in [1.29, 1.82) is 0 Å². The molecule has 0 saturated carbocycles. The Balaban J connectivity index is 1.74. The SMILES string of the molecule is CCc1ccc(NC(=O)CCNc2cc(C)on2)cc1. The Morgan fingerprint density at radius 1 is 1.30 bits per heavy atom. The van der Waals surface area contributed by atoms with Gasteiger partial charge < -0.3 is 15.2 Å². The van der Waals surface area contributed by atoms with Gasteiger partial charge in [-0.1, -0.05) is 24.2 Å². The molecule has 0 bridgehead atoms. The third kappa shape index (κ3) is 4.12. The molecule has 5 heteroatoms. The van der Waals surface area contributed by atoms with Crippen molar-refractivity contribution in [2.75, 3.05) is 17.2 Å². The van der Waals surface area contributed by atoms with E-state index < -0.39 is 0 Å². The third-order valence-electron chi connectivity index (χ3n) is 2.93. The minimum Gasteiger partial charge on any atom is -0.367 e. The lowest BCUT2D eigenvalue weighted by Crippen LogP contribution is -2.16. The van der Waals surface area contributed by atoms with E-state index in [1.54, 1.807) is 6.07 Å². The topological polar surface area (TPSA) is 67.2 Å². The summed E-state index contributed by atoms with van der Waals surface area (Å²) in [7, 11) is 0. The normalized spacial score (nSPS) is 10.3. The van der Waals surface area contributed by atoms with Gasteiger partial charge in [0, 0.05) is 24.7 Å². The number of hydrogen-bond acceptors (Lipinski definition) is 4. The van der Waals surface area contributed by atoms with Gasteiger partial charge in [0.2, 0.25) is 5.91 Å². The Bertz CT molecular complexity index is 561. The summed E-state index contributed by atoms with van der Waals surface area (Å²) in [4.78, 5) is 11.8. The van der Waals surface area contributed by atoms with Gasteiger partial charge in [0.1, 0.15) is 5.76 Å². The highest BCUT2D eigenvalue weighted by atomic mass is 16.5. The zero-order valence-corrected chi connectivity index (χ0v) is 11.8. The Kier molecular flexibility index (Phi) is 4.76. The van der Waals surface area contributed by atoms with Crippen LogP contribution >= 0.6 is 0 Å². The van der Waals surface area contributed by atoms with E-state index in [9.17, 15) is 4.79 Å². The van der Waals surface area contributed by atoms with E-state index in [2.05, 4.69) is 22.7 Å². The predicted octanol–water partition coefficient (Wildman–Crippen LogP) is 2.99. The van der Waals surface area contributed by atoms with Crippen LogP contribution in [0.2, 0.25) is 0 Å². The van der Waals surface area contributed by atoms with Crippen molar-refractivity contribution in [3.63, 3.8) is 0 Å². The molecule has 2 rings (SSSR count). The van der Waals surface area contributed by atoms with Gasteiger partial charge in [-0.05, 0) is 31.0 Å². The van der Waals surface area contributed by atoms with Crippen LogP contribution in [0.4, 0.5) is 11.5 Å². The molecule has 1 aromatic carbocycles. The van der Waals surface area contributed by atoms with Crippen LogP contribution in [-0.4, -0.2) is 17.6 Å². The Morgan fingerprint density at radius 2 is 2.05 bits per heavy atom. The number of hydrogen-bond donors (Lipinski definition) is 2. The van der Waals surface area contributed by atoms with Crippen molar-refractivity contribution < 1.29 is 9.32 Å². The second-order valence-electron chi connectivity index (χ2n) is 4.60. The molecule has 0 radical (unpaired) electrons. The highest BCUT2D eigenvalue weighted by Crippen LogP contribution is 2.10. The summed E-state index contributed by atoms with van der Waals surface area (Å²) in [6.45, 7) is 4.45. The maximum Gasteiger partial charge on any atom is 0.226 e. The number of carbonyl (C=O) groups excluding carboxylic acids is 1. The molecule has 0 aliphatic rings. The Morgan fingerprint density at radius 3 is 2.65 bits per heavy atom. The van der Waals surface area contributed by atoms with E-state index in [-0.39, 0.29) is 5.91 Å². The molecule has 1 aromatic heterocycles. The van der Waals surface area contributed by atoms with Crippen LogP contribution in [0.1, 0.15) is 24.7 Å². The van der Waals surface area contributed by atoms with Crippen LogP contribution in [0, 0.1) is 6.92 Å². The lowest BCUT2D eigenvalue weighted by molar-refractivity contribution is -0.115. The van der Waals surface area contributed by atoms with Gasteiger partial charge in [-0.25, -0.2) is 0 Å². The summed E-state index contributed by atoms with van der Waals surface area (Å²) in [6, 6.07) is 9.68. The van der Waals surface area contributed by atoms with Crippen molar-refractivity contribution in [3.05, 3.63) is 41.7 Å². The third-order valence-corrected chi connectivity index (χ3v) is 2.93. The van der Waals surface area contributed by atoms with Gasteiger partial charge in [-0.15, -0.1) is 0 Å². The first-order chi connectivity index (χ1) is 9.67. The summed E-state index contributed by atoms with van der Waals surface area (Å²) in [5.74, 6) is 1.37. The maximum absolute atomic E-state index is 11.8. The van der Waals surface area contributed by atoms with E-state index >= 15 is 0 Å². The first-order valence-corrected chi connectivity index (χ1v) is 6.73. The van der Waals surface area contributed by atoms with Gasteiger partial charge in [0.05, 0.1) is 0 Å². The lowest BCUT2D eigenvalue weighted by Gasteiger charge is -2.06. The first kappa shape index (κ1) is 14.1. The average molecular weight is 273 g/mol. The van der Waals surface area contributed by atoms with Crippen molar-refractivity contribution in [2.45, 2.75) is 26.7 Å². The van der Waals surface area contributed by atoms with Crippen LogP contribution < -0.4 is 10.6 Å². The van der Waals surface area contributed by atoms with E-state index in [1.165, 1.54) is 5.56 Å². The van der Waals surface area contributed by atoms with Crippen molar-refractivity contribution in [1.82, 2.24) is 5.16 Å². The molecule has 2 N–H and O–H groups in total. The highest BCUT2D eigenvalue weighted by Gasteiger charge is 2.04. The summed E-state index contributed by atoms with van der Waals surface area (Å²) in [6.07, 6.45) is 1.37. The zero-order chi connectivity index (χ0) is 14.4. The van der Waals surface area contributed by atoms with Crippen LogP contribution in [0.5, 0.6) is 0 Å².